The van der Waals surface area contributed by atoms with E-state index in [2.05, 4.69) is 24.3 Å². The molecule has 0 heterocycles. The van der Waals surface area contributed by atoms with Gasteiger partial charge in [-0.15, -0.1) is 0 Å². The molecule has 0 saturated carbocycles. The highest BCUT2D eigenvalue weighted by atomic mass is 16.6. The predicted molar refractivity (Wildman–Crippen MR) is 134 cm³/mol. The Bertz CT molecular complexity index is 1030. The molecule has 0 aliphatic carbocycles. The van der Waals surface area contributed by atoms with Crippen molar-refractivity contribution in [2.45, 2.75) is 13.8 Å². The van der Waals surface area contributed by atoms with Gasteiger partial charge in [-0.1, -0.05) is 48.5 Å². The molecule has 0 unspecified atom stereocenters. The third-order valence-electron chi connectivity index (χ3n) is 5.16. The van der Waals surface area contributed by atoms with Crippen molar-refractivity contribution in [1.29, 1.82) is 0 Å². The quantitative estimate of drug-likeness (QED) is 0.264. The summed E-state index contributed by atoms with van der Waals surface area (Å²) in [4.78, 5) is 0. The molecule has 0 fully saturated rings. The standard InChI is InChI=1S/C28H27BO4/c1-3-30-25-13-5-21(6-14-25)23-9-17-27(18-10-23)32-29-33-28-19-11-24(12-20-28)22-7-15-26(16-8-22)31-4-2/h5-20,29H,3-4H2,1-2H3. The zero-order valence-electron chi connectivity index (χ0n) is 19.0. The topological polar surface area (TPSA) is 36.9 Å². The average molecular weight is 438 g/mol. The van der Waals surface area contributed by atoms with Gasteiger partial charge in [0.15, 0.2) is 0 Å². The normalized spacial score (nSPS) is 10.4. The van der Waals surface area contributed by atoms with Gasteiger partial charge < -0.3 is 18.8 Å². The lowest BCUT2D eigenvalue weighted by Gasteiger charge is -2.10. The molecule has 0 aromatic heterocycles. The van der Waals surface area contributed by atoms with E-state index in [1.807, 2.05) is 86.6 Å². The summed E-state index contributed by atoms with van der Waals surface area (Å²) < 4.78 is 22.5. The zero-order chi connectivity index (χ0) is 22.9. The van der Waals surface area contributed by atoms with Gasteiger partial charge in [-0.2, -0.15) is 0 Å². The molecule has 4 aromatic carbocycles. The largest absolute Gasteiger partial charge is 0.576 e. The van der Waals surface area contributed by atoms with Crippen LogP contribution in [0.4, 0.5) is 0 Å². The number of rotatable bonds is 10. The van der Waals surface area contributed by atoms with Crippen LogP contribution < -0.4 is 18.8 Å². The van der Waals surface area contributed by atoms with Crippen molar-refractivity contribution in [3.05, 3.63) is 97.1 Å². The molecule has 33 heavy (non-hydrogen) atoms. The molecule has 0 aliphatic heterocycles. The van der Waals surface area contributed by atoms with E-state index in [1.165, 1.54) is 0 Å². The van der Waals surface area contributed by atoms with Crippen LogP contribution in [-0.4, -0.2) is 20.9 Å². The average Bonchev–Trinajstić information content (AvgIpc) is 2.86. The van der Waals surface area contributed by atoms with E-state index >= 15 is 0 Å². The molecule has 0 radical (unpaired) electrons. The molecule has 4 aromatic rings. The van der Waals surface area contributed by atoms with Crippen LogP contribution in [0.3, 0.4) is 0 Å². The third-order valence-corrected chi connectivity index (χ3v) is 5.16. The second kappa shape index (κ2) is 11.1. The van der Waals surface area contributed by atoms with Crippen LogP contribution in [0.25, 0.3) is 22.3 Å². The summed E-state index contributed by atoms with van der Waals surface area (Å²) in [6.07, 6.45) is 0. The van der Waals surface area contributed by atoms with Crippen molar-refractivity contribution < 1.29 is 18.8 Å². The van der Waals surface area contributed by atoms with E-state index in [-0.39, 0.29) is 7.69 Å². The first-order valence-corrected chi connectivity index (χ1v) is 11.2. The number of ether oxygens (including phenoxy) is 2. The summed E-state index contributed by atoms with van der Waals surface area (Å²) >= 11 is 0. The van der Waals surface area contributed by atoms with Crippen molar-refractivity contribution >= 4 is 7.69 Å². The van der Waals surface area contributed by atoms with Crippen LogP contribution in [-0.2, 0) is 0 Å². The van der Waals surface area contributed by atoms with Gasteiger partial charge in [0.2, 0.25) is 0 Å². The maximum atomic E-state index is 5.75. The Morgan fingerprint density at radius 3 is 0.970 bits per heavy atom. The van der Waals surface area contributed by atoms with Crippen molar-refractivity contribution in [2.24, 2.45) is 0 Å². The van der Waals surface area contributed by atoms with Gasteiger partial charge in [0.1, 0.15) is 23.0 Å². The summed E-state index contributed by atoms with van der Waals surface area (Å²) in [5, 5.41) is 0. The number of benzene rings is 4. The minimum atomic E-state index is 0.144. The fourth-order valence-corrected chi connectivity index (χ4v) is 3.47. The van der Waals surface area contributed by atoms with E-state index < -0.39 is 0 Å². The Morgan fingerprint density at radius 2 is 0.697 bits per heavy atom. The second-order valence-corrected chi connectivity index (χ2v) is 7.37. The molecule has 0 spiro atoms. The maximum absolute atomic E-state index is 5.75. The number of hydrogen-bond acceptors (Lipinski definition) is 4. The summed E-state index contributed by atoms with van der Waals surface area (Å²) in [5.41, 5.74) is 4.51. The molecule has 0 amide bonds. The van der Waals surface area contributed by atoms with E-state index in [0.717, 1.165) is 45.3 Å². The Labute approximate surface area is 196 Å². The Hall–Kier alpha value is -3.86. The molecule has 0 bridgehead atoms. The molecule has 0 N–H and O–H groups in total. The molecular formula is C28H27BO4. The van der Waals surface area contributed by atoms with Gasteiger partial charge >= 0.3 is 7.69 Å². The highest BCUT2D eigenvalue weighted by Crippen LogP contribution is 2.26. The second-order valence-electron chi connectivity index (χ2n) is 7.37. The first-order valence-electron chi connectivity index (χ1n) is 11.2. The van der Waals surface area contributed by atoms with Crippen LogP contribution in [0.15, 0.2) is 97.1 Å². The molecular weight excluding hydrogens is 411 g/mol. The fraction of sp³-hybridized carbons (Fsp3) is 0.143. The molecule has 4 nitrogen and oxygen atoms in total. The predicted octanol–water partition coefficient (Wildman–Crippen LogP) is 6.54. The van der Waals surface area contributed by atoms with Gasteiger partial charge in [0.05, 0.1) is 13.2 Å². The molecule has 4 rings (SSSR count). The number of hydrogen-bond donors (Lipinski definition) is 0. The van der Waals surface area contributed by atoms with Gasteiger partial charge in [-0.25, -0.2) is 0 Å². The summed E-state index contributed by atoms with van der Waals surface area (Å²) in [6.45, 7) is 5.30. The van der Waals surface area contributed by atoms with Crippen LogP contribution in [0.1, 0.15) is 13.8 Å². The van der Waals surface area contributed by atoms with Gasteiger partial charge in [0, 0.05) is 0 Å². The zero-order valence-corrected chi connectivity index (χ0v) is 19.0. The summed E-state index contributed by atoms with van der Waals surface area (Å²) in [6, 6.07) is 32.1. The van der Waals surface area contributed by atoms with Crippen molar-refractivity contribution in [3.63, 3.8) is 0 Å². The minimum Gasteiger partial charge on any atom is -0.529 e. The highest BCUT2D eigenvalue weighted by molar-refractivity contribution is 6.20. The van der Waals surface area contributed by atoms with E-state index in [4.69, 9.17) is 18.8 Å². The van der Waals surface area contributed by atoms with Crippen molar-refractivity contribution in [3.8, 4) is 45.3 Å². The van der Waals surface area contributed by atoms with Gasteiger partial charge in [0.25, 0.3) is 0 Å². The van der Waals surface area contributed by atoms with Crippen LogP contribution in [0.2, 0.25) is 0 Å². The Balaban J connectivity index is 1.28. The first-order chi connectivity index (χ1) is 16.2. The first kappa shape index (κ1) is 22.3. The molecule has 166 valence electrons. The lowest BCUT2D eigenvalue weighted by molar-refractivity contribution is 0.340. The van der Waals surface area contributed by atoms with Gasteiger partial charge in [-0.3, -0.25) is 0 Å². The van der Waals surface area contributed by atoms with Crippen molar-refractivity contribution in [1.82, 2.24) is 0 Å². The lowest BCUT2D eigenvalue weighted by atomic mass is 10.1. The van der Waals surface area contributed by atoms with Crippen molar-refractivity contribution in [2.75, 3.05) is 13.2 Å². The van der Waals surface area contributed by atoms with Gasteiger partial charge in [-0.05, 0) is 84.6 Å². The van der Waals surface area contributed by atoms with E-state index in [0.29, 0.717) is 13.2 Å². The summed E-state index contributed by atoms with van der Waals surface area (Å²) in [7, 11) is 0.144. The molecule has 0 saturated heterocycles. The Morgan fingerprint density at radius 1 is 0.424 bits per heavy atom. The fourth-order valence-electron chi connectivity index (χ4n) is 3.47. The smallest absolute Gasteiger partial charge is 0.529 e. The maximum Gasteiger partial charge on any atom is 0.576 e. The van der Waals surface area contributed by atoms with Crippen LogP contribution in [0.5, 0.6) is 23.0 Å². The molecule has 0 atom stereocenters. The highest BCUT2D eigenvalue weighted by Gasteiger charge is 2.04. The van der Waals surface area contributed by atoms with E-state index in [9.17, 15) is 0 Å². The molecule has 5 heteroatoms. The van der Waals surface area contributed by atoms with Crippen LogP contribution >= 0.6 is 0 Å². The Kier molecular flexibility index (Phi) is 7.54. The monoisotopic (exact) mass is 438 g/mol. The lowest BCUT2D eigenvalue weighted by Crippen LogP contribution is -2.10. The summed E-state index contributed by atoms with van der Waals surface area (Å²) in [5.74, 6) is 3.28. The van der Waals surface area contributed by atoms with E-state index in [1.54, 1.807) is 0 Å². The van der Waals surface area contributed by atoms with Crippen LogP contribution in [0, 0.1) is 0 Å². The minimum absolute atomic E-state index is 0.144. The SMILES string of the molecule is CCOc1ccc(-c2ccc(OBOc3ccc(-c4ccc(OCC)cc4)cc3)cc2)cc1. The third kappa shape index (κ3) is 6.10. The molecule has 0 aliphatic rings.